The summed E-state index contributed by atoms with van der Waals surface area (Å²) in [5, 5.41) is 0. The molecule has 0 atom stereocenters. The van der Waals surface area contributed by atoms with Crippen molar-refractivity contribution in [2.75, 3.05) is 13.2 Å². The van der Waals surface area contributed by atoms with Gasteiger partial charge in [-0.25, -0.2) is 4.39 Å². The Balaban J connectivity index is 2.15. The lowest BCUT2D eigenvalue weighted by Gasteiger charge is -2.20. The van der Waals surface area contributed by atoms with Crippen LogP contribution in [0.5, 0.6) is 11.5 Å². The van der Waals surface area contributed by atoms with E-state index in [1.165, 1.54) is 12.1 Å². The highest BCUT2D eigenvalue weighted by Crippen LogP contribution is 2.42. The van der Waals surface area contributed by atoms with E-state index in [4.69, 9.17) is 16.1 Å². The molecule has 2 nitrogen and oxygen atoms in total. The summed E-state index contributed by atoms with van der Waals surface area (Å²) in [5.74, 6) is 2.20. The average molecular weight is 445 g/mol. The van der Waals surface area contributed by atoms with E-state index in [0.717, 1.165) is 40.7 Å². The molecule has 0 aliphatic carbocycles. The summed E-state index contributed by atoms with van der Waals surface area (Å²) in [6, 6.07) is 19.4. The van der Waals surface area contributed by atoms with Crippen LogP contribution in [0.4, 0.5) is 4.39 Å². The number of ether oxygens (including phenoxy) is 2. The van der Waals surface area contributed by atoms with Gasteiger partial charge in [0.25, 0.3) is 0 Å². The molecule has 3 aromatic rings. The van der Waals surface area contributed by atoms with E-state index in [0.29, 0.717) is 36.5 Å². The molecule has 0 aliphatic rings. The van der Waals surface area contributed by atoms with Gasteiger partial charge in [-0.3, -0.25) is 0 Å². The lowest BCUT2D eigenvalue weighted by molar-refractivity contribution is 0.247. The van der Waals surface area contributed by atoms with Gasteiger partial charge in [0.1, 0.15) is 5.82 Å². The molecule has 0 N–H and O–H groups in total. The zero-order valence-corrected chi connectivity index (χ0v) is 20.0. The molecule has 0 spiro atoms. The molecule has 0 aromatic heterocycles. The highest BCUT2D eigenvalue weighted by Gasteiger charge is 2.17. The third-order valence-corrected chi connectivity index (χ3v) is 5.51. The van der Waals surface area contributed by atoms with Gasteiger partial charge >= 0.3 is 0 Å². The van der Waals surface area contributed by atoms with Crippen LogP contribution in [0.1, 0.15) is 46.1 Å². The minimum atomic E-state index is -0.272. The van der Waals surface area contributed by atoms with Crippen molar-refractivity contribution in [1.29, 1.82) is 0 Å². The van der Waals surface area contributed by atoms with Crippen molar-refractivity contribution in [3.05, 3.63) is 78.6 Å². The predicted molar refractivity (Wildman–Crippen MR) is 135 cm³/mol. The quantitative estimate of drug-likeness (QED) is 0.296. The van der Waals surface area contributed by atoms with E-state index in [2.05, 4.69) is 33.8 Å². The molecular formula is C30H33FO2. The predicted octanol–water partition coefficient (Wildman–Crippen LogP) is 8.26. The topological polar surface area (TPSA) is 18.5 Å². The van der Waals surface area contributed by atoms with Gasteiger partial charge in [0.05, 0.1) is 13.2 Å². The summed E-state index contributed by atoms with van der Waals surface area (Å²) in [6.45, 7) is 15.8. The molecule has 0 unspecified atom stereocenters. The van der Waals surface area contributed by atoms with Gasteiger partial charge in [0, 0.05) is 0 Å². The lowest BCUT2D eigenvalue weighted by atomic mass is 9.91. The Morgan fingerprint density at radius 3 is 1.97 bits per heavy atom. The minimum Gasteiger partial charge on any atom is -0.490 e. The van der Waals surface area contributed by atoms with E-state index in [-0.39, 0.29) is 5.82 Å². The second-order valence-electron chi connectivity index (χ2n) is 9.09. The zero-order chi connectivity index (χ0) is 23.8. The molecule has 0 saturated carbocycles. The van der Waals surface area contributed by atoms with Gasteiger partial charge in [-0.2, -0.15) is 0 Å². The molecule has 0 aliphatic heterocycles. The van der Waals surface area contributed by atoms with Crippen molar-refractivity contribution in [2.45, 2.75) is 40.5 Å². The maximum Gasteiger partial charge on any atom is 0.161 e. The molecule has 0 saturated heterocycles. The number of halogens is 1. The van der Waals surface area contributed by atoms with Gasteiger partial charge in [-0.05, 0) is 88.9 Å². The Morgan fingerprint density at radius 2 is 1.42 bits per heavy atom. The normalized spacial score (nSPS) is 11.1. The van der Waals surface area contributed by atoms with Crippen LogP contribution in [0.25, 0.3) is 28.3 Å². The fourth-order valence-electron chi connectivity index (χ4n) is 3.51. The van der Waals surface area contributed by atoms with Crippen LogP contribution in [0.15, 0.2) is 54.6 Å². The van der Waals surface area contributed by atoms with Crippen molar-refractivity contribution < 1.29 is 13.9 Å². The van der Waals surface area contributed by atoms with E-state index in [1.807, 2.05) is 30.3 Å². The number of rotatable bonds is 11. The Hall–Kier alpha value is -3.07. The summed E-state index contributed by atoms with van der Waals surface area (Å²) in [6.07, 6.45) is 3.48. The molecule has 0 amide bonds. The van der Waals surface area contributed by atoms with E-state index in [9.17, 15) is 4.39 Å². The molecule has 3 rings (SSSR count). The Kier molecular flexibility index (Phi) is 8.71. The molecule has 172 valence electrons. The summed E-state index contributed by atoms with van der Waals surface area (Å²) < 4.78 is 26.1. The second kappa shape index (κ2) is 11.7. The number of benzene rings is 3. The number of hydrogen-bond acceptors (Lipinski definition) is 2. The summed E-state index contributed by atoms with van der Waals surface area (Å²) in [4.78, 5) is 0. The molecule has 0 heterocycles. The maximum atomic E-state index is 13.7. The summed E-state index contributed by atoms with van der Waals surface area (Å²) >= 11 is 0. The molecular weight excluding hydrogens is 411 g/mol. The Bertz CT molecular complexity index is 1050. The van der Waals surface area contributed by atoms with Crippen molar-refractivity contribution in [3.63, 3.8) is 0 Å². The smallest absolute Gasteiger partial charge is 0.161 e. The monoisotopic (exact) mass is 444 g/mol. The Morgan fingerprint density at radius 1 is 0.848 bits per heavy atom. The van der Waals surface area contributed by atoms with Crippen LogP contribution in [0.2, 0.25) is 0 Å². The fourth-order valence-corrected chi connectivity index (χ4v) is 3.51. The first-order chi connectivity index (χ1) is 15.9. The van der Waals surface area contributed by atoms with Gasteiger partial charge in [-0.1, -0.05) is 64.6 Å². The van der Waals surface area contributed by atoms with Crippen molar-refractivity contribution in [1.82, 2.24) is 0 Å². The van der Waals surface area contributed by atoms with E-state index >= 15 is 0 Å². The largest absolute Gasteiger partial charge is 0.490 e. The first-order valence-electron chi connectivity index (χ1n) is 11.6. The SMILES string of the molecule is [CH]=Cc1cc[c]cc1-c1cc(OCCC(C)C)c(OCCC(C)C)cc1-c1ccc(F)cc1. The first-order valence-corrected chi connectivity index (χ1v) is 11.6. The van der Waals surface area contributed by atoms with Crippen LogP contribution < -0.4 is 9.47 Å². The third kappa shape index (κ3) is 6.71. The molecule has 3 heteroatoms. The van der Waals surface area contributed by atoms with Crippen LogP contribution in [0.3, 0.4) is 0 Å². The van der Waals surface area contributed by atoms with E-state index in [1.54, 1.807) is 18.2 Å². The van der Waals surface area contributed by atoms with Gasteiger partial charge in [-0.15, -0.1) is 0 Å². The van der Waals surface area contributed by atoms with Crippen LogP contribution >= 0.6 is 0 Å². The highest BCUT2D eigenvalue weighted by atomic mass is 19.1. The molecule has 3 aromatic carbocycles. The van der Waals surface area contributed by atoms with Crippen molar-refractivity contribution >= 4 is 6.08 Å². The standard InChI is InChI=1S/C30H33FO2/c1-6-23-9-7-8-10-26(23)28-20-30(33-18-16-22(4)5)29(32-17-15-21(2)3)19-27(28)24-11-13-25(31)14-12-24/h1,6-7,9-14,19-22H,15-18H2,2-5H3. The van der Waals surface area contributed by atoms with Gasteiger partial charge in [0.15, 0.2) is 11.5 Å². The lowest BCUT2D eigenvalue weighted by Crippen LogP contribution is -2.06. The third-order valence-electron chi connectivity index (χ3n) is 5.51. The average Bonchev–Trinajstić information content (AvgIpc) is 2.79. The minimum absolute atomic E-state index is 0.272. The summed E-state index contributed by atoms with van der Waals surface area (Å²) in [5.41, 5.74) is 4.57. The van der Waals surface area contributed by atoms with Gasteiger partial charge in [0.2, 0.25) is 0 Å². The van der Waals surface area contributed by atoms with Crippen molar-refractivity contribution in [3.8, 4) is 33.8 Å². The molecule has 0 fully saturated rings. The fraction of sp³-hybridized carbons (Fsp3) is 0.333. The maximum absolute atomic E-state index is 13.7. The van der Waals surface area contributed by atoms with E-state index < -0.39 is 0 Å². The molecule has 0 bridgehead atoms. The first kappa shape index (κ1) is 24.6. The van der Waals surface area contributed by atoms with Crippen molar-refractivity contribution in [2.24, 2.45) is 11.8 Å². The number of hydrogen-bond donors (Lipinski definition) is 0. The second-order valence-corrected chi connectivity index (χ2v) is 9.09. The zero-order valence-electron chi connectivity index (χ0n) is 20.0. The van der Waals surface area contributed by atoms with Crippen LogP contribution in [-0.4, -0.2) is 13.2 Å². The molecule has 2 radical (unpaired) electrons. The van der Waals surface area contributed by atoms with Crippen LogP contribution in [0, 0.1) is 30.3 Å². The van der Waals surface area contributed by atoms with Crippen LogP contribution in [-0.2, 0) is 0 Å². The summed E-state index contributed by atoms with van der Waals surface area (Å²) in [7, 11) is 0. The molecule has 33 heavy (non-hydrogen) atoms. The highest BCUT2D eigenvalue weighted by molar-refractivity contribution is 5.89. The van der Waals surface area contributed by atoms with Gasteiger partial charge < -0.3 is 9.47 Å². The Labute approximate surface area is 198 Å².